The topological polar surface area (TPSA) is 33.5 Å². The van der Waals surface area contributed by atoms with Gasteiger partial charge in [0.1, 0.15) is 0 Å². The lowest BCUT2D eigenvalue weighted by molar-refractivity contribution is -0.858. The molecule has 0 aromatic heterocycles. The first-order chi connectivity index (χ1) is 8.00. The van der Waals surface area contributed by atoms with E-state index >= 15 is 0 Å². The van der Waals surface area contributed by atoms with Crippen LogP contribution in [0, 0.1) is 0 Å². The lowest BCUT2D eigenvalue weighted by Gasteiger charge is -2.09. The maximum Gasteiger partial charge on any atom is 0.252 e. The normalized spacial score (nSPS) is 10.6. The first-order valence-corrected chi connectivity index (χ1v) is 6.28. The zero-order chi connectivity index (χ0) is 12.8. The average Bonchev–Trinajstić information content (AvgIpc) is 2.27. The van der Waals surface area contributed by atoms with Gasteiger partial charge < -0.3 is 10.2 Å². The Hall–Kier alpha value is -0.770. The van der Waals surface area contributed by atoms with E-state index < -0.39 is 0 Å². The fourth-order valence-corrected chi connectivity index (χ4v) is 1.79. The first kappa shape index (κ1) is 14.3. The Bertz CT molecular complexity index is 394. The molecule has 0 saturated carbocycles. The first-order valence-electron chi connectivity index (χ1n) is 5.53. The van der Waals surface area contributed by atoms with Crippen molar-refractivity contribution in [3.05, 3.63) is 33.8 Å². The molecule has 0 spiro atoms. The molecule has 0 saturated heterocycles. The smallest absolute Gasteiger partial charge is 0.252 e. The lowest BCUT2D eigenvalue weighted by Crippen LogP contribution is -3.05. The van der Waals surface area contributed by atoms with E-state index in [1.54, 1.807) is 18.2 Å². The van der Waals surface area contributed by atoms with Crippen molar-refractivity contribution in [2.45, 2.75) is 6.42 Å². The van der Waals surface area contributed by atoms with E-state index in [1.807, 2.05) is 0 Å². The summed E-state index contributed by atoms with van der Waals surface area (Å²) in [6.07, 6.45) is 0.937. The van der Waals surface area contributed by atoms with E-state index in [-0.39, 0.29) is 5.91 Å². The highest BCUT2D eigenvalue weighted by atomic mass is 35.5. The second-order valence-electron chi connectivity index (χ2n) is 4.19. The Morgan fingerprint density at radius 2 is 2.06 bits per heavy atom. The molecule has 1 rings (SSSR count). The Morgan fingerprint density at radius 3 is 2.71 bits per heavy atom. The number of amides is 1. The molecule has 0 fully saturated rings. The average molecular weight is 276 g/mol. The molecule has 0 aliphatic carbocycles. The van der Waals surface area contributed by atoms with Crippen LogP contribution >= 0.6 is 23.2 Å². The van der Waals surface area contributed by atoms with Crippen molar-refractivity contribution in [3.63, 3.8) is 0 Å². The third-order valence-electron chi connectivity index (χ3n) is 2.31. The minimum atomic E-state index is -0.175. The van der Waals surface area contributed by atoms with Crippen molar-refractivity contribution in [2.24, 2.45) is 0 Å². The van der Waals surface area contributed by atoms with Crippen LogP contribution in [-0.2, 0) is 0 Å². The highest BCUT2D eigenvalue weighted by molar-refractivity contribution is 6.35. The minimum absolute atomic E-state index is 0.175. The van der Waals surface area contributed by atoms with Gasteiger partial charge in [0.15, 0.2) is 0 Å². The predicted molar refractivity (Wildman–Crippen MR) is 71.1 cm³/mol. The molecule has 0 bridgehead atoms. The van der Waals surface area contributed by atoms with Crippen LogP contribution in [-0.4, -0.2) is 33.1 Å². The molecule has 0 aliphatic rings. The Balaban J connectivity index is 2.49. The molecule has 3 nitrogen and oxygen atoms in total. The molecule has 0 heterocycles. The summed E-state index contributed by atoms with van der Waals surface area (Å²) in [6, 6.07) is 4.87. The maximum atomic E-state index is 11.8. The standard InChI is InChI=1S/C12H16Cl2N2O/c1-16(2)7-3-6-15-12(17)10-8-9(13)4-5-11(10)14/h4-5,8H,3,6-7H2,1-2H3,(H,15,17)/p+1. The summed E-state index contributed by atoms with van der Waals surface area (Å²) in [6.45, 7) is 1.66. The van der Waals surface area contributed by atoms with Crippen LogP contribution in [0.5, 0.6) is 0 Å². The predicted octanol–water partition coefficient (Wildman–Crippen LogP) is 1.26. The number of quaternary nitrogens is 1. The van der Waals surface area contributed by atoms with Gasteiger partial charge in [0.2, 0.25) is 0 Å². The molecule has 0 atom stereocenters. The highest BCUT2D eigenvalue weighted by Crippen LogP contribution is 2.20. The lowest BCUT2D eigenvalue weighted by atomic mass is 10.2. The Morgan fingerprint density at radius 1 is 1.35 bits per heavy atom. The summed E-state index contributed by atoms with van der Waals surface area (Å²) in [4.78, 5) is 13.2. The SMILES string of the molecule is C[NH+](C)CCCNC(=O)c1cc(Cl)ccc1Cl. The molecule has 94 valence electrons. The van der Waals surface area contributed by atoms with Crippen molar-refractivity contribution < 1.29 is 9.69 Å². The highest BCUT2D eigenvalue weighted by Gasteiger charge is 2.10. The van der Waals surface area contributed by atoms with Gasteiger partial charge in [-0.15, -0.1) is 0 Å². The molecule has 0 aliphatic heterocycles. The van der Waals surface area contributed by atoms with Gasteiger partial charge in [-0.3, -0.25) is 4.79 Å². The number of nitrogens with one attached hydrogen (secondary N) is 2. The number of carbonyl (C=O) groups is 1. The van der Waals surface area contributed by atoms with Gasteiger partial charge in [-0.25, -0.2) is 0 Å². The molecule has 5 heteroatoms. The molecular formula is C12H17Cl2N2O+. The van der Waals surface area contributed by atoms with Crippen LogP contribution < -0.4 is 10.2 Å². The number of hydrogen-bond acceptors (Lipinski definition) is 1. The monoisotopic (exact) mass is 275 g/mol. The van der Waals surface area contributed by atoms with E-state index in [4.69, 9.17) is 23.2 Å². The third-order valence-corrected chi connectivity index (χ3v) is 2.88. The van der Waals surface area contributed by atoms with Crippen molar-refractivity contribution >= 4 is 29.1 Å². The zero-order valence-corrected chi connectivity index (χ0v) is 11.5. The summed E-state index contributed by atoms with van der Waals surface area (Å²) in [5, 5.41) is 3.76. The molecule has 17 heavy (non-hydrogen) atoms. The summed E-state index contributed by atoms with van der Waals surface area (Å²) >= 11 is 11.8. The van der Waals surface area contributed by atoms with E-state index in [0.29, 0.717) is 22.2 Å². The summed E-state index contributed by atoms with van der Waals surface area (Å²) < 4.78 is 0. The van der Waals surface area contributed by atoms with E-state index in [2.05, 4.69) is 19.4 Å². The second-order valence-corrected chi connectivity index (χ2v) is 5.03. The van der Waals surface area contributed by atoms with Gasteiger partial charge in [-0.05, 0) is 18.2 Å². The van der Waals surface area contributed by atoms with Crippen molar-refractivity contribution in [1.29, 1.82) is 0 Å². The third kappa shape index (κ3) is 4.94. The van der Waals surface area contributed by atoms with Gasteiger partial charge in [0.05, 0.1) is 31.2 Å². The maximum absolute atomic E-state index is 11.8. The van der Waals surface area contributed by atoms with Crippen molar-refractivity contribution in [2.75, 3.05) is 27.2 Å². The van der Waals surface area contributed by atoms with Crippen LogP contribution in [0.2, 0.25) is 10.0 Å². The Labute approximate surface area is 112 Å². The van der Waals surface area contributed by atoms with E-state index in [9.17, 15) is 4.79 Å². The fourth-order valence-electron chi connectivity index (χ4n) is 1.41. The summed E-state index contributed by atoms with van der Waals surface area (Å²) in [7, 11) is 4.16. The van der Waals surface area contributed by atoms with Crippen LogP contribution in [0.25, 0.3) is 0 Å². The number of carbonyl (C=O) groups excluding carboxylic acids is 1. The minimum Gasteiger partial charge on any atom is -0.352 e. The van der Waals surface area contributed by atoms with Crippen LogP contribution in [0.3, 0.4) is 0 Å². The molecule has 1 aromatic carbocycles. The quantitative estimate of drug-likeness (QED) is 0.780. The zero-order valence-electron chi connectivity index (χ0n) is 10.0. The van der Waals surface area contributed by atoms with Gasteiger partial charge in [0, 0.05) is 18.0 Å². The summed E-state index contributed by atoms with van der Waals surface area (Å²) in [5.74, 6) is -0.175. The Kier molecular flexibility index (Phi) is 5.75. The molecular weight excluding hydrogens is 259 g/mol. The van der Waals surface area contributed by atoms with E-state index in [0.717, 1.165) is 13.0 Å². The molecule has 0 unspecified atom stereocenters. The number of rotatable bonds is 5. The number of hydrogen-bond donors (Lipinski definition) is 2. The van der Waals surface area contributed by atoms with Gasteiger partial charge >= 0.3 is 0 Å². The number of halogens is 2. The van der Waals surface area contributed by atoms with Crippen molar-refractivity contribution in [1.82, 2.24) is 5.32 Å². The largest absolute Gasteiger partial charge is 0.352 e. The van der Waals surface area contributed by atoms with Gasteiger partial charge in [0.25, 0.3) is 5.91 Å². The molecule has 1 amide bonds. The second kappa shape index (κ2) is 6.84. The number of benzene rings is 1. The van der Waals surface area contributed by atoms with E-state index in [1.165, 1.54) is 4.90 Å². The molecule has 1 aromatic rings. The van der Waals surface area contributed by atoms with Crippen molar-refractivity contribution in [3.8, 4) is 0 Å². The van der Waals surface area contributed by atoms with Crippen LogP contribution in [0.15, 0.2) is 18.2 Å². The molecule has 2 N–H and O–H groups in total. The van der Waals surface area contributed by atoms with Crippen LogP contribution in [0.1, 0.15) is 16.8 Å². The molecule has 0 radical (unpaired) electrons. The van der Waals surface area contributed by atoms with Crippen LogP contribution in [0.4, 0.5) is 0 Å². The fraction of sp³-hybridized carbons (Fsp3) is 0.417. The van der Waals surface area contributed by atoms with Gasteiger partial charge in [-0.1, -0.05) is 23.2 Å². The summed E-state index contributed by atoms with van der Waals surface area (Å²) in [5.41, 5.74) is 0.427. The van der Waals surface area contributed by atoms with Gasteiger partial charge in [-0.2, -0.15) is 0 Å².